The molecule has 0 spiro atoms. The van der Waals surface area contributed by atoms with Crippen molar-refractivity contribution in [2.45, 2.75) is 49.8 Å². The van der Waals surface area contributed by atoms with Gasteiger partial charge in [0.05, 0.1) is 18.7 Å². The van der Waals surface area contributed by atoms with E-state index < -0.39 is 11.9 Å². The third-order valence-electron chi connectivity index (χ3n) is 7.02. The van der Waals surface area contributed by atoms with Crippen molar-refractivity contribution in [2.75, 3.05) is 25.1 Å². The number of nitrogens with two attached hydrogens (primary N) is 1. The number of thiazole rings is 1. The topological polar surface area (TPSA) is 127 Å². The van der Waals surface area contributed by atoms with Crippen molar-refractivity contribution in [3.8, 4) is 11.5 Å². The van der Waals surface area contributed by atoms with Gasteiger partial charge in [-0.25, -0.2) is 4.98 Å². The highest BCUT2D eigenvalue weighted by atomic mass is 32.2. The molecule has 2 unspecified atom stereocenters. The second-order valence-corrected chi connectivity index (χ2v) is 12.0. The Morgan fingerprint density at radius 1 is 1.13 bits per heavy atom. The normalized spacial score (nSPS) is 15.3. The second kappa shape index (κ2) is 14.2. The molecular weight excluding hydrogens is 532 g/mol. The molecule has 5 N–H and O–H groups in total. The van der Waals surface area contributed by atoms with Crippen LogP contribution < -0.4 is 21.1 Å². The number of ether oxygens (including phenoxy) is 1. The first-order valence-corrected chi connectivity index (χ1v) is 15.2. The van der Waals surface area contributed by atoms with Crippen LogP contribution in [0, 0.1) is 5.92 Å². The summed E-state index contributed by atoms with van der Waals surface area (Å²) in [4.78, 5) is 30.3. The number of thioether (sulfide) groups is 1. The zero-order valence-corrected chi connectivity index (χ0v) is 23.7. The van der Waals surface area contributed by atoms with Gasteiger partial charge in [0.25, 0.3) is 11.8 Å². The number of nitrogens with one attached hydrogen (secondary N) is 2. The maximum Gasteiger partial charge on any atom is 0.271 e. The van der Waals surface area contributed by atoms with Gasteiger partial charge in [0.15, 0.2) is 5.13 Å². The van der Waals surface area contributed by atoms with Crippen LogP contribution >= 0.6 is 23.1 Å². The Labute approximate surface area is 237 Å². The standard InChI is InChI=1S/C29H36N4O4S2/c1-37-21-13-11-19(12-14-21)15-26(38-17-20-7-3-2-4-8-20)23(32-28(36)24-18-39-29(30)33-24)16-31-27(35)22-9-5-6-10-25(22)34/h5-6,9-14,18,20,23,26,34H,2-4,7-8,15-17H2,1H3,(H2,30,33)(H,31,35)(H,32,36). The van der Waals surface area contributed by atoms with Crippen molar-refractivity contribution in [1.29, 1.82) is 0 Å². The third-order valence-corrected chi connectivity index (χ3v) is 9.28. The Morgan fingerprint density at radius 3 is 2.54 bits per heavy atom. The van der Waals surface area contributed by atoms with Gasteiger partial charge in [0.1, 0.15) is 17.2 Å². The van der Waals surface area contributed by atoms with Gasteiger partial charge in [0.2, 0.25) is 0 Å². The van der Waals surface area contributed by atoms with Crippen molar-refractivity contribution < 1.29 is 19.4 Å². The lowest BCUT2D eigenvalue weighted by molar-refractivity contribution is 0.0904. The van der Waals surface area contributed by atoms with Crippen molar-refractivity contribution in [1.82, 2.24) is 15.6 Å². The van der Waals surface area contributed by atoms with Gasteiger partial charge in [-0.05, 0) is 60.8 Å². The highest BCUT2D eigenvalue weighted by Gasteiger charge is 2.28. The van der Waals surface area contributed by atoms with Crippen LogP contribution in [-0.2, 0) is 6.42 Å². The van der Waals surface area contributed by atoms with Crippen molar-refractivity contribution in [3.63, 3.8) is 0 Å². The number of phenolic OH excluding ortho intramolecular Hbond substituents is 1. The number of carbonyl (C=O) groups is 2. The Balaban J connectivity index is 1.56. The molecule has 1 aromatic heterocycles. The van der Waals surface area contributed by atoms with E-state index >= 15 is 0 Å². The highest BCUT2D eigenvalue weighted by molar-refractivity contribution is 7.99. The number of amides is 2. The summed E-state index contributed by atoms with van der Waals surface area (Å²) in [6.45, 7) is 0.191. The van der Waals surface area contributed by atoms with Gasteiger partial charge in [0, 0.05) is 17.2 Å². The van der Waals surface area contributed by atoms with E-state index in [9.17, 15) is 14.7 Å². The summed E-state index contributed by atoms with van der Waals surface area (Å²) in [5.74, 6) is 1.60. The van der Waals surface area contributed by atoms with Crippen LogP contribution in [0.2, 0.25) is 0 Å². The summed E-state index contributed by atoms with van der Waals surface area (Å²) in [6, 6.07) is 14.0. The fraction of sp³-hybridized carbons (Fsp3) is 0.414. The second-order valence-electron chi connectivity index (χ2n) is 9.81. The van der Waals surface area contributed by atoms with Gasteiger partial charge in [-0.2, -0.15) is 11.8 Å². The van der Waals surface area contributed by atoms with Gasteiger partial charge < -0.3 is 26.2 Å². The molecule has 1 saturated carbocycles. The molecule has 2 aromatic carbocycles. The minimum Gasteiger partial charge on any atom is -0.507 e. The Kier molecular flexibility index (Phi) is 10.5. The number of carbonyl (C=O) groups excluding carboxylic acids is 2. The van der Waals surface area contributed by atoms with Gasteiger partial charge in [-0.15, -0.1) is 11.3 Å². The van der Waals surface area contributed by atoms with Crippen LogP contribution in [0.25, 0.3) is 0 Å². The third kappa shape index (κ3) is 8.37. The molecular formula is C29H36N4O4S2. The number of aromatic hydroxyl groups is 1. The summed E-state index contributed by atoms with van der Waals surface area (Å²) >= 11 is 3.06. The molecule has 1 aliphatic carbocycles. The smallest absolute Gasteiger partial charge is 0.271 e. The Bertz CT molecular complexity index is 1230. The van der Waals surface area contributed by atoms with E-state index in [0.29, 0.717) is 17.5 Å². The fourth-order valence-electron chi connectivity index (χ4n) is 4.80. The number of aromatic nitrogens is 1. The molecule has 0 bridgehead atoms. The summed E-state index contributed by atoms with van der Waals surface area (Å²) in [5, 5.41) is 18.2. The molecule has 10 heteroatoms. The number of rotatable bonds is 12. The minimum absolute atomic E-state index is 0.0232. The molecule has 8 nitrogen and oxygen atoms in total. The first-order chi connectivity index (χ1) is 18.9. The lowest BCUT2D eigenvalue weighted by Crippen LogP contribution is -2.50. The zero-order valence-electron chi connectivity index (χ0n) is 22.1. The van der Waals surface area contributed by atoms with E-state index in [-0.39, 0.29) is 34.7 Å². The molecule has 2 amide bonds. The number of nitrogen functional groups attached to an aromatic ring is 1. The van der Waals surface area contributed by atoms with Crippen LogP contribution in [0.1, 0.15) is 58.5 Å². The lowest BCUT2D eigenvalue weighted by Gasteiger charge is -2.30. The molecule has 1 fully saturated rings. The maximum absolute atomic E-state index is 13.2. The van der Waals surface area contributed by atoms with E-state index in [0.717, 1.165) is 17.1 Å². The van der Waals surface area contributed by atoms with Crippen molar-refractivity contribution in [2.24, 2.45) is 5.92 Å². The van der Waals surface area contributed by atoms with Crippen LogP contribution in [0.3, 0.4) is 0 Å². The van der Waals surface area contributed by atoms with Crippen LogP contribution in [0.5, 0.6) is 11.5 Å². The molecule has 2 atom stereocenters. The van der Waals surface area contributed by atoms with Gasteiger partial charge in [-0.1, -0.05) is 43.5 Å². The summed E-state index contributed by atoms with van der Waals surface area (Å²) in [7, 11) is 1.64. The maximum atomic E-state index is 13.2. The van der Waals surface area contributed by atoms with E-state index in [1.54, 1.807) is 30.7 Å². The van der Waals surface area contributed by atoms with Gasteiger partial charge >= 0.3 is 0 Å². The zero-order chi connectivity index (χ0) is 27.6. The molecule has 0 radical (unpaired) electrons. The van der Waals surface area contributed by atoms with Gasteiger partial charge in [-0.3, -0.25) is 9.59 Å². The van der Waals surface area contributed by atoms with Crippen LogP contribution in [0.4, 0.5) is 5.13 Å². The van der Waals surface area contributed by atoms with E-state index in [1.807, 2.05) is 36.0 Å². The molecule has 3 aromatic rings. The fourth-order valence-corrected chi connectivity index (χ4v) is 6.90. The average Bonchev–Trinajstić information content (AvgIpc) is 3.40. The number of anilines is 1. The average molecular weight is 569 g/mol. The number of benzene rings is 2. The molecule has 1 heterocycles. The first kappa shape index (κ1) is 28.8. The van der Waals surface area contributed by atoms with Crippen molar-refractivity contribution >= 4 is 40.0 Å². The molecule has 0 aliphatic heterocycles. The van der Waals surface area contributed by atoms with E-state index in [1.165, 1.54) is 49.5 Å². The number of para-hydroxylation sites is 1. The van der Waals surface area contributed by atoms with Crippen molar-refractivity contribution in [3.05, 3.63) is 70.7 Å². The lowest BCUT2D eigenvalue weighted by atomic mass is 9.91. The summed E-state index contributed by atoms with van der Waals surface area (Å²) in [6.07, 6.45) is 6.96. The highest BCUT2D eigenvalue weighted by Crippen LogP contribution is 2.31. The predicted octanol–water partition coefficient (Wildman–Crippen LogP) is 4.89. The first-order valence-electron chi connectivity index (χ1n) is 13.3. The SMILES string of the molecule is COc1ccc(CC(SCC2CCCCC2)C(CNC(=O)c2ccccc2O)NC(=O)c2csc(N)n2)cc1. The Morgan fingerprint density at radius 2 is 1.87 bits per heavy atom. The molecule has 0 saturated heterocycles. The molecule has 208 valence electrons. The number of phenols is 1. The number of hydrogen-bond donors (Lipinski definition) is 4. The summed E-state index contributed by atoms with van der Waals surface area (Å²) in [5.41, 5.74) is 7.33. The van der Waals surface area contributed by atoms with Crippen LogP contribution in [0.15, 0.2) is 53.9 Å². The minimum atomic E-state index is -0.397. The molecule has 1 aliphatic rings. The summed E-state index contributed by atoms with van der Waals surface area (Å²) < 4.78 is 5.32. The largest absolute Gasteiger partial charge is 0.507 e. The number of nitrogens with zero attached hydrogens (tertiary/aromatic N) is 1. The predicted molar refractivity (Wildman–Crippen MR) is 158 cm³/mol. The molecule has 4 rings (SSSR count). The van der Waals surface area contributed by atoms with E-state index in [2.05, 4.69) is 15.6 Å². The quantitative estimate of drug-likeness (QED) is 0.245. The molecule has 39 heavy (non-hydrogen) atoms. The van der Waals surface area contributed by atoms with E-state index in [4.69, 9.17) is 10.5 Å². The number of methoxy groups -OCH3 is 1. The monoisotopic (exact) mass is 568 g/mol. The number of hydrogen-bond acceptors (Lipinski definition) is 8. The van der Waals surface area contributed by atoms with Crippen LogP contribution in [-0.4, -0.2) is 52.6 Å². The Hall–Kier alpha value is -3.24.